The quantitative estimate of drug-likeness (QED) is 0.875. The zero-order chi connectivity index (χ0) is 17.8. The van der Waals surface area contributed by atoms with Crippen LogP contribution in [0.15, 0.2) is 29.1 Å². The van der Waals surface area contributed by atoms with E-state index in [9.17, 15) is 9.59 Å². The first-order valence-corrected chi connectivity index (χ1v) is 9.13. The SMILES string of the molecule is CCCC(C)NC(=O)C1CCCN(c2nc3ccccc3c(=O)[nH]2)C1. The summed E-state index contributed by atoms with van der Waals surface area (Å²) < 4.78 is 0. The van der Waals surface area contributed by atoms with Crippen molar-refractivity contribution in [2.45, 2.75) is 45.6 Å². The molecule has 1 fully saturated rings. The van der Waals surface area contributed by atoms with Gasteiger partial charge in [-0.05, 0) is 38.3 Å². The molecule has 0 bridgehead atoms. The number of fused-ring (bicyclic) bond motifs is 1. The number of anilines is 1. The van der Waals surface area contributed by atoms with Gasteiger partial charge in [0.25, 0.3) is 5.56 Å². The van der Waals surface area contributed by atoms with Crippen LogP contribution in [0.1, 0.15) is 39.5 Å². The molecule has 1 aromatic carbocycles. The van der Waals surface area contributed by atoms with Crippen molar-refractivity contribution < 1.29 is 4.79 Å². The largest absolute Gasteiger partial charge is 0.353 e. The fourth-order valence-electron chi connectivity index (χ4n) is 3.47. The van der Waals surface area contributed by atoms with E-state index in [4.69, 9.17) is 0 Å². The van der Waals surface area contributed by atoms with Gasteiger partial charge in [-0.3, -0.25) is 14.6 Å². The van der Waals surface area contributed by atoms with Crippen molar-refractivity contribution in [3.05, 3.63) is 34.6 Å². The van der Waals surface area contributed by atoms with Crippen LogP contribution < -0.4 is 15.8 Å². The summed E-state index contributed by atoms with van der Waals surface area (Å²) in [5.41, 5.74) is 0.549. The Bertz CT molecular complexity index is 801. The fraction of sp³-hybridized carbons (Fsp3) is 0.526. The van der Waals surface area contributed by atoms with Gasteiger partial charge in [0, 0.05) is 19.1 Å². The molecule has 2 unspecified atom stereocenters. The maximum absolute atomic E-state index is 12.5. The van der Waals surface area contributed by atoms with Crippen LogP contribution in [0.5, 0.6) is 0 Å². The number of carbonyl (C=O) groups is 1. The average Bonchev–Trinajstić information content (AvgIpc) is 2.62. The second-order valence-corrected chi connectivity index (χ2v) is 6.89. The Hall–Kier alpha value is -2.37. The van der Waals surface area contributed by atoms with E-state index in [0.29, 0.717) is 23.4 Å². The predicted molar refractivity (Wildman–Crippen MR) is 99.8 cm³/mol. The lowest BCUT2D eigenvalue weighted by Crippen LogP contribution is -2.46. The second kappa shape index (κ2) is 7.68. The van der Waals surface area contributed by atoms with Crippen LogP contribution in [0.25, 0.3) is 10.9 Å². The zero-order valence-electron chi connectivity index (χ0n) is 14.9. The highest BCUT2D eigenvalue weighted by Crippen LogP contribution is 2.21. The number of benzene rings is 1. The number of hydrogen-bond acceptors (Lipinski definition) is 4. The van der Waals surface area contributed by atoms with Crippen LogP contribution >= 0.6 is 0 Å². The Balaban J connectivity index is 1.75. The van der Waals surface area contributed by atoms with Gasteiger partial charge in [0.15, 0.2) is 0 Å². The summed E-state index contributed by atoms with van der Waals surface area (Å²) in [6.07, 6.45) is 3.83. The number of carbonyl (C=O) groups excluding carboxylic acids is 1. The molecule has 0 saturated carbocycles. The maximum Gasteiger partial charge on any atom is 0.260 e. The molecular formula is C19H26N4O2. The van der Waals surface area contributed by atoms with Crippen LogP contribution in [-0.4, -0.2) is 35.0 Å². The van der Waals surface area contributed by atoms with Gasteiger partial charge < -0.3 is 10.2 Å². The molecule has 3 rings (SSSR count). The summed E-state index contributed by atoms with van der Waals surface area (Å²) in [5, 5.41) is 3.69. The van der Waals surface area contributed by atoms with Gasteiger partial charge in [-0.1, -0.05) is 25.5 Å². The van der Waals surface area contributed by atoms with Crippen molar-refractivity contribution in [2.75, 3.05) is 18.0 Å². The number of amides is 1. The first-order chi connectivity index (χ1) is 12.1. The smallest absolute Gasteiger partial charge is 0.260 e. The molecule has 2 heterocycles. The molecule has 0 aliphatic carbocycles. The molecule has 6 nitrogen and oxygen atoms in total. The molecular weight excluding hydrogens is 316 g/mol. The summed E-state index contributed by atoms with van der Waals surface area (Å²) >= 11 is 0. The summed E-state index contributed by atoms with van der Waals surface area (Å²) in [7, 11) is 0. The number of rotatable bonds is 5. The molecule has 2 aromatic rings. The van der Waals surface area contributed by atoms with Gasteiger partial charge >= 0.3 is 0 Å². The van der Waals surface area contributed by atoms with Crippen LogP contribution in [0.3, 0.4) is 0 Å². The summed E-state index contributed by atoms with van der Waals surface area (Å²) in [6, 6.07) is 7.52. The van der Waals surface area contributed by atoms with Crippen molar-refractivity contribution in [2.24, 2.45) is 5.92 Å². The highest BCUT2D eigenvalue weighted by atomic mass is 16.2. The third-order valence-corrected chi connectivity index (χ3v) is 4.80. The average molecular weight is 342 g/mol. The molecule has 1 saturated heterocycles. The molecule has 0 radical (unpaired) electrons. The molecule has 6 heteroatoms. The van der Waals surface area contributed by atoms with Gasteiger partial charge in [-0.25, -0.2) is 4.98 Å². The monoisotopic (exact) mass is 342 g/mol. The molecule has 1 amide bonds. The summed E-state index contributed by atoms with van der Waals surface area (Å²) in [6.45, 7) is 5.55. The van der Waals surface area contributed by atoms with Gasteiger partial charge in [-0.15, -0.1) is 0 Å². The number of para-hydroxylation sites is 1. The predicted octanol–water partition coefficient (Wildman–Crippen LogP) is 2.44. The second-order valence-electron chi connectivity index (χ2n) is 6.89. The lowest BCUT2D eigenvalue weighted by molar-refractivity contribution is -0.125. The van der Waals surface area contributed by atoms with E-state index in [1.165, 1.54) is 0 Å². The molecule has 2 N–H and O–H groups in total. The topological polar surface area (TPSA) is 78.1 Å². The lowest BCUT2D eigenvalue weighted by atomic mass is 9.97. The minimum atomic E-state index is -0.135. The number of H-pyrrole nitrogens is 1. The first-order valence-electron chi connectivity index (χ1n) is 9.13. The Kier molecular flexibility index (Phi) is 5.36. The highest BCUT2D eigenvalue weighted by molar-refractivity contribution is 5.80. The van der Waals surface area contributed by atoms with E-state index in [2.05, 4.69) is 22.2 Å². The molecule has 2 atom stereocenters. The normalized spacial score (nSPS) is 19.0. The Morgan fingerprint density at radius 2 is 2.24 bits per heavy atom. The maximum atomic E-state index is 12.5. The van der Waals surface area contributed by atoms with E-state index in [1.54, 1.807) is 6.07 Å². The van der Waals surface area contributed by atoms with Gasteiger partial charge in [0.05, 0.1) is 16.8 Å². The van der Waals surface area contributed by atoms with Crippen LogP contribution in [-0.2, 0) is 4.79 Å². The molecule has 1 aliphatic heterocycles. The minimum absolute atomic E-state index is 0.0650. The van der Waals surface area contributed by atoms with E-state index >= 15 is 0 Å². The van der Waals surface area contributed by atoms with Gasteiger partial charge in [0.1, 0.15) is 0 Å². The molecule has 25 heavy (non-hydrogen) atoms. The third kappa shape index (κ3) is 4.00. The third-order valence-electron chi connectivity index (χ3n) is 4.80. The van der Waals surface area contributed by atoms with Crippen molar-refractivity contribution in [1.29, 1.82) is 0 Å². The van der Waals surface area contributed by atoms with Crippen LogP contribution in [0.2, 0.25) is 0 Å². The number of nitrogens with one attached hydrogen (secondary N) is 2. The van der Waals surface area contributed by atoms with E-state index in [-0.39, 0.29) is 23.4 Å². The number of nitrogens with zero attached hydrogens (tertiary/aromatic N) is 2. The Morgan fingerprint density at radius 1 is 1.44 bits per heavy atom. The first kappa shape index (κ1) is 17.5. The van der Waals surface area contributed by atoms with E-state index in [1.807, 2.05) is 30.0 Å². The van der Waals surface area contributed by atoms with Crippen molar-refractivity contribution in [3.8, 4) is 0 Å². The van der Waals surface area contributed by atoms with Crippen molar-refractivity contribution in [3.63, 3.8) is 0 Å². The summed E-state index contributed by atoms with van der Waals surface area (Å²) in [4.78, 5) is 34.3. The lowest BCUT2D eigenvalue weighted by Gasteiger charge is -2.33. The zero-order valence-corrected chi connectivity index (χ0v) is 14.9. The number of hydrogen-bond donors (Lipinski definition) is 2. The Labute approximate surface area is 147 Å². The van der Waals surface area contributed by atoms with Crippen LogP contribution in [0.4, 0.5) is 5.95 Å². The fourth-order valence-corrected chi connectivity index (χ4v) is 3.47. The van der Waals surface area contributed by atoms with E-state index < -0.39 is 0 Å². The standard InChI is InChI=1S/C19H26N4O2/c1-3-7-13(2)20-17(24)14-8-6-11-23(12-14)19-21-16-10-5-4-9-15(16)18(25)22-19/h4-5,9-10,13-14H,3,6-8,11-12H2,1-2H3,(H,20,24)(H,21,22,25). The van der Waals surface area contributed by atoms with Crippen molar-refractivity contribution in [1.82, 2.24) is 15.3 Å². The number of aromatic nitrogens is 2. The van der Waals surface area contributed by atoms with Gasteiger partial charge in [-0.2, -0.15) is 0 Å². The minimum Gasteiger partial charge on any atom is -0.353 e. The Morgan fingerprint density at radius 3 is 3.04 bits per heavy atom. The van der Waals surface area contributed by atoms with E-state index in [0.717, 1.165) is 32.2 Å². The van der Waals surface area contributed by atoms with Crippen molar-refractivity contribution >= 4 is 22.8 Å². The van der Waals surface area contributed by atoms with Gasteiger partial charge in [0.2, 0.25) is 11.9 Å². The molecule has 134 valence electrons. The molecule has 1 aromatic heterocycles. The summed E-state index contributed by atoms with van der Waals surface area (Å²) in [5.74, 6) is 0.599. The molecule has 1 aliphatic rings. The van der Waals surface area contributed by atoms with Crippen LogP contribution in [0, 0.1) is 5.92 Å². The number of aromatic amines is 1. The number of piperidine rings is 1. The molecule has 0 spiro atoms. The highest BCUT2D eigenvalue weighted by Gasteiger charge is 2.27.